The molecule has 2 nitrogen and oxygen atoms in total. The van der Waals surface area contributed by atoms with Gasteiger partial charge in [-0.3, -0.25) is 4.79 Å². The van der Waals surface area contributed by atoms with Crippen LogP contribution in [-0.2, 0) is 0 Å². The van der Waals surface area contributed by atoms with E-state index in [0.717, 1.165) is 27.2 Å². The smallest absolute Gasteiger partial charge is 0.251 e. The third kappa shape index (κ3) is 2.98. The monoisotopic (exact) mass is 345 g/mol. The van der Waals surface area contributed by atoms with E-state index in [9.17, 15) is 4.79 Å². The number of fused-ring (bicyclic) bond motifs is 1. The summed E-state index contributed by atoms with van der Waals surface area (Å²) >= 11 is 3.47. The van der Waals surface area contributed by atoms with Gasteiger partial charge in [0, 0.05) is 16.1 Å². The fourth-order valence-corrected chi connectivity index (χ4v) is 3.57. The van der Waals surface area contributed by atoms with Crippen molar-refractivity contribution in [1.29, 1.82) is 0 Å². The number of carbonyl (C=O) groups is 1. The van der Waals surface area contributed by atoms with E-state index in [0.29, 0.717) is 0 Å². The van der Waals surface area contributed by atoms with Crippen molar-refractivity contribution < 1.29 is 4.79 Å². The van der Waals surface area contributed by atoms with Gasteiger partial charge in [0.05, 0.1) is 0 Å². The molecular formula is C18H20BrNO. The van der Waals surface area contributed by atoms with Crippen LogP contribution in [0.2, 0.25) is 0 Å². The Hall–Kier alpha value is -1.35. The summed E-state index contributed by atoms with van der Waals surface area (Å²) < 4.78 is 1.06. The maximum absolute atomic E-state index is 12.5. The zero-order chi connectivity index (χ0) is 15.0. The van der Waals surface area contributed by atoms with Crippen LogP contribution >= 0.6 is 15.9 Å². The first-order chi connectivity index (χ1) is 9.95. The quantitative estimate of drug-likeness (QED) is 0.822. The lowest BCUT2D eigenvalue weighted by molar-refractivity contribution is 0.0910. The van der Waals surface area contributed by atoms with E-state index in [2.05, 4.69) is 41.2 Å². The highest BCUT2D eigenvalue weighted by atomic mass is 79.9. The SMILES string of the molecule is CC1(C)CCCC1NC(=O)c1ccc2cc(Br)ccc2c1. The van der Waals surface area contributed by atoms with Crippen molar-refractivity contribution in [3.8, 4) is 0 Å². The van der Waals surface area contributed by atoms with Gasteiger partial charge in [0.2, 0.25) is 0 Å². The van der Waals surface area contributed by atoms with Gasteiger partial charge in [-0.1, -0.05) is 48.3 Å². The van der Waals surface area contributed by atoms with E-state index in [1.165, 1.54) is 12.8 Å². The second kappa shape index (κ2) is 5.45. The summed E-state index contributed by atoms with van der Waals surface area (Å²) in [6, 6.07) is 12.3. The predicted octanol–water partition coefficient (Wildman–Crippen LogP) is 4.91. The maximum atomic E-state index is 12.5. The molecule has 1 amide bonds. The highest BCUT2D eigenvalue weighted by Crippen LogP contribution is 2.37. The van der Waals surface area contributed by atoms with Gasteiger partial charge in [-0.2, -0.15) is 0 Å². The average Bonchev–Trinajstić information content (AvgIpc) is 2.77. The molecule has 2 aromatic rings. The summed E-state index contributed by atoms with van der Waals surface area (Å²) in [6.07, 6.45) is 3.46. The molecule has 0 spiro atoms. The zero-order valence-corrected chi connectivity index (χ0v) is 14.0. The van der Waals surface area contributed by atoms with Crippen molar-refractivity contribution >= 4 is 32.6 Å². The van der Waals surface area contributed by atoms with Gasteiger partial charge in [-0.15, -0.1) is 0 Å². The normalized spacial score (nSPS) is 20.6. The van der Waals surface area contributed by atoms with Crippen LogP contribution in [0.4, 0.5) is 0 Å². The lowest BCUT2D eigenvalue weighted by atomic mass is 9.87. The third-order valence-corrected chi connectivity index (χ3v) is 5.12. The summed E-state index contributed by atoms with van der Waals surface area (Å²) in [5, 5.41) is 5.45. The van der Waals surface area contributed by atoms with E-state index in [1.807, 2.05) is 30.3 Å². The number of hydrogen-bond donors (Lipinski definition) is 1. The summed E-state index contributed by atoms with van der Waals surface area (Å²) in [6.45, 7) is 4.48. The van der Waals surface area contributed by atoms with Gasteiger partial charge in [-0.25, -0.2) is 0 Å². The topological polar surface area (TPSA) is 29.1 Å². The molecule has 0 aliphatic heterocycles. The number of amides is 1. The lowest BCUT2D eigenvalue weighted by Crippen LogP contribution is -2.41. The van der Waals surface area contributed by atoms with Crippen molar-refractivity contribution in [3.05, 3.63) is 46.4 Å². The van der Waals surface area contributed by atoms with Crippen LogP contribution < -0.4 is 5.32 Å². The first-order valence-corrected chi connectivity index (χ1v) is 8.25. The van der Waals surface area contributed by atoms with E-state index >= 15 is 0 Å². The molecular weight excluding hydrogens is 326 g/mol. The Kier molecular flexibility index (Phi) is 3.78. The summed E-state index contributed by atoms with van der Waals surface area (Å²) in [5.74, 6) is 0.0415. The maximum Gasteiger partial charge on any atom is 0.251 e. The Labute approximate surface area is 134 Å². The van der Waals surface area contributed by atoms with E-state index in [1.54, 1.807) is 0 Å². The predicted molar refractivity (Wildman–Crippen MR) is 90.5 cm³/mol. The number of benzene rings is 2. The molecule has 0 aromatic heterocycles. The Morgan fingerprint density at radius 1 is 1.19 bits per heavy atom. The second-order valence-electron chi connectivity index (χ2n) is 6.61. The van der Waals surface area contributed by atoms with Crippen molar-refractivity contribution in [2.45, 2.75) is 39.2 Å². The number of carbonyl (C=O) groups excluding carboxylic acids is 1. The van der Waals surface area contributed by atoms with Crippen LogP contribution in [0.5, 0.6) is 0 Å². The molecule has 0 bridgehead atoms. The third-order valence-electron chi connectivity index (χ3n) is 4.63. The highest BCUT2D eigenvalue weighted by molar-refractivity contribution is 9.10. The molecule has 1 unspecified atom stereocenters. The van der Waals surface area contributed by atoms with Gasteiger partial charge in [0.1, 0.15) is 0 Å². The van der Waals surface area contributed by atoms with Gasteiger partial charge in [0.15, 0.2) is 0 Å². The molecule has 0 heterocycles. The highest BCUT2D eigenvalue weighted by Gasteiger charge is 2.35. The molecule has 21 heavy (non-hydrogen) atoms. The molecule has 2 aromatic carbocycles. The Morgan fingerprint density at radius 2 is 1.90 bits per heavy atom. The number of hydrogen-bond acceptors (Lipinski definition) is 1. The van der Waals surface area contributed by atoms with Crippen LogP contribution in [0.25, 0.3) is 10.8 Å². The second-order valence-corrected chi connectivity index (χ2v) is 7.53. The fraction of sp³-hybridized carbons (Fsp3) is 0.389. The Balaban J connectivity index is 1.83. The minimum atomic E-state index is 0.0415. The van der Waals surface area contributed by atoms with Gasteiger partial charge >= 0.3 is 0 Å². The van der Waals surface area contributed by atoms with Crippen molar-refractivity contribution in [3.63, 3.8) is 0 Å². The zero-order valence-electron chi connectivity index (χ0n) is 12.4. The molecule has 1 fully saturated rings. The first kappa shape index (κ1) is 14.6. The van der Waals surface area contributed by atoms with Crippen molar-refractivity contribution in [2.24, 2.45) is 5.41 Å². The van der Waals surface area contributed by atoms with Gasteiger partial charge in [0.25, 0.3) is 5.91 Å². The van der Waals surface area contributed by atoms with Gasteiger partial charge < -0.3 is 5.32 Å². The minimum absolute atomic E-state index is 0.0415. The van der Waals surface area contributed by atoms with E-state index in [4.69, 9.17) is 0 Å². The first-order valence-electron chi connectivity index (χ1n) is 7.46. The fourth-order valence-electron chi connectivity index (χ4n) is 3.19. The van der Waals surface area contributed by atoms with Crippen LogP contribution in [0, 0.1) is 5.41 Å². The van der Waals surface area contributed by atoms with Crippen molar-refractivity contribution in [1.82, 2.24) is 5.32 Å². The molecule has 1 aliphatic carbocycles. The molecule has 3 rings (SSSR count). The van der Waals surface area contributed by atoms with Gasteiger partial charge in [-0.05, 0) is 53.3 Å². The molecule has 110 valence electrons. The van der Waals surface area contributed by atoms with Crippen LogP contribution in [0.15, 0.2) is 40.9 Å². The minimum Gasteiger partial charge on any atom is -0.349 e. The van der Waals surface area contributed by atoms with Crippen molar-refractivity contribution in [2.75, 3.05) is 0 Å². The molecule has 1 N–H and O–H groups in total. The number of halogens is 1. The summed E-state index contributed by atoms with van der Waals surface area (Å²) in [7, 11) is 0. The summed E-state index contributed by atoms with van der Waals surface area (Å²) in [5.41, 5.74) is 0.949. The Bertz CT molecular complexity index is 693. The number of rotatable bonds is 2. The molecule has 1 atom stereocenters. The van der Waals surface area contributed by atoms with E-state index in [-0.39, 0.29) is 17.4 Å². The molecule has 0 radical (unpaired) electrons. The largest absolute Gasteiger partial charge is 0.349 e. The van der Waals surface area contributed by atoms with Crippen LogP contribution in [-0.4, -0.2) is 11.9 Å². The molecule has 1 saturated carbocycles. The molecule has 1 aliphatic rings. The van der Waals surface area contributed by atoms with Crippen LogP contribution in [0.3, 0.4) is 0 Å². The van der Waals surface area contributed by atoms with Crippen LogP contribution in [0.1, 0.15) is 43.5 Å². The standard InChI is InChI=1S/C18H20BrNO/c1-18(2)9-3-4-16(18)20-17(21)14-6-5-13-11-15(19)8-7-12(13)10-14/h5-8,10-11,16H,3-4,9H2,1-2H3,(H,20,21). The van der Waals surface area contributed by atoms with E-state index < -0.39 is 0 Å². The Morgan fingerprint density at radius 3 is 2.62 bits per heavy atom. The average molecular weight is 346 g/mol. The molecule has 0 saturated heterocycles. The summed E-state index contributed by atoms with van der Waals surface area (Å²) in [4.78, 5) is 12.5. The number of nitrogens with one attached hydrogen (secondary N) is 1. The molecule has 3 heteroatoms. The lowest BCUT2D eigenvalue weighted by Gasteiger charge is -2.27.